The SMILES string of the molecule is CN1CCN(NC(=O)c2ccccc2C(=C2CN(C(c3ccc(Cl)cc3)c3ccc(Cl)cc3)C2)S(C)(=O)=O)CC1. The number of hydrazine groups is 1. The minimum atomic E-state index is -3.65. The van der Waals surface area contributed by atoms with Crippen LogP contribution < -0.4 is 5.43 Å². The lowest BCUT2D eigenvalue weighted by molar-refractivity contribution is 0.0662. The van der Waals surface area contributed by atoms with Crippen LogP contribution in [-0.2, 0) is 9.84 Å². The van der Waals surface area contributed by atoms with Gasteiger partial charge in [0.05, 0.1) is 10.9 Å². The topological polar surface area (TPSA) is 73.0 Å². The molecule has 0 spiro atoms. The zero-order valence-corrected chi connectivity index (χ0v) is 24.8. The number of nitrogens with one attached hydrogen (secondary N) is 1. The summed E-state index contributed by atoms with van der Waals surface area (Å²) in [7, 11) is -1.60. The first-order chi connectivity index (χ1) is 19.1. The Balaban J connectivity index is 1.46. The van der Waals surface area contributed by atoms with Crippen LogP contribution in [0, 0.1) is 0 Å². The number of carbonyl (C=O) groups excluding carboxylic acids is 1. The number of likely N-dealkylation sites (N-methyl/N-ethyl adjacent to an activating group) is 1. The fraction of sp³-hybridized carbons (Fsp3) is 0.300. The van der Waals surface area contributed by atoms with Gasteiger partial charge in [0.15, 0.2) is 9.84 Å². The van der Waals surface area contributed by atoms with E-state index in [9.17, 15) is 13.2 Å². The zero-order valence-electron chi connectivity index (χ0n) is 22.5. The summed E-state index contributed by atoms with van der Waals surface area (Å²) >= 11 is 12.3. The highest BCUT2D eigenvalue weighted by Crippen LogP contribution is 2.39. The Labute approximate surface area is 245 Å². The van der Waals surface area contributed by atoms with Crippen molar-refractivity contribution in [2.24, 2.45) is 0 Å². The van der Waals surface area contributed by atoms with E-state index < -0.39 is 9.84 Å². The molecule has 0 aliphatic carbocycles. The molecule has 210 valence electrons. The average molecular weight is 600 g/mol. The van der Waals surface area contributed by atoms with Gasteiger partial charge >= 0.3 is 0 Å². The number of carbonyl (C=O) groups is 1. The Kier molecular flexibility index (Phi) is 8.66. The van der Waals surface area contributed by atoms with Gasteiger partial charge in [0, 0.05) is 66.7 Å². The van der Waals surface area contributed by atoms with Gasteiger partial charge in [-0.25, -0.2) is 13.4 Å². The third-order valence-electron chi connectivity index (χ3n) is 7.40. The molecule has 2 heterocycles. The van der Waals surface area contributed by atoms with E-state index >= 15 is 0 Å². The molecule has 7 nitrogen and oxygen atoms in total. The van der Waals surface area contributed by atoms with Crippen molar-refractivity contribution >= 4 is 43.9 Å². The maximum atomic E-state index is 13.4. The van der Waals surface area contributed by atoms with E-state index in [0.717, 1.165) is 29.8 Å². The average Bonchev–Trinajstić information content (AvgIpc) is 2.90. The number of hydrogen-bond acceptors (Lipinski definition) is 6. The molecule has 3 aromatic carbocycles. The van der Waals surface area contributed by atoms with Gasteiger partial charge in [0.1, 0.15) is 0 Å². The van der Waals surface area contributed by atoms with E-state index in [-0.39, 0.29) is 16.9 Å². The van der Waals surface area contributed by atoms with Crippen molar-refractivity contribution in [3.8, 4) is 0 Å². The first-order valence-electron chi connectivity index (χ1n) is 13.1. The van der Waals surface area contributed by atoms with Gasteiger partial charge < -0.3 is 4.90 Å². The molecular formula is C30H32Cl2N4O3S. The van der Waals surface area contributed by atoms with Crippen molar-refractivity contribution in [2.75, 3.05) is 52.6 Å². The predicted molar refractivity (Wildman–Crippen MR) is 161 cm³/mol. The maximum absolute atomic E-state index is 13.4. The van der Waals surface area contributed by atoms with Crippen LogP contribution in [0.15, 0.2) is 78.4 Å². The number of likely N-dealkylation sites (tertiary alicyclic amines) is 1. The third kappa shape index (κ3) is 6.43. The van der Waals surface area contributed by atoms with Crippen LogP contribution in [0.2, 0.25) is 10.0 Å². The second kappa shape index (κ2) is 12.0. The van der Waals surface area contributed by atoms with Gasteiger partial charge in [0.2, 0.25) is 0 Å². The molecule has 0 radical (unpaired) electrons. The summed E-state index contributed by atoms with van der Waals surface area (Å²) < 4.78 is 26.4. The zero-order chi connectivity index (χ0) is 28.4. The lowest BCUT2D eigenvalue weighted by Crippen LogP contribution is -2.52. The summed E-state index contributed by atoms with van der Waals surface area (Å²) in [5.41, 5.74) is 6.61. The molecule has 3 aromatic rings. The quantitative estimate of drug-likeness (QED) is 0.423. The van der Waals surface area contributed by atoms with Crippen LogP contribution in [0.1, 0.15) is 33.1 Å². The van der Waals surface area contributed by atoms with Gasteiger partial charge in [-0.1, -0.05) is 65.7 Å². The predicted octanol–water partition coefficient (Wildman–Crippen LogP) is 4.75. The summed E-state index contributed by atoms with van der Waals surface area (Å²) in [5, 5.41) is 3.18. The molecule has 2 aliphatic rings. The van der Waals surface area contributed by atoms with Crippen molar-refractivity contribution in [1.29, 1.82) is 0 Å². The van der Waals surface area contributed by atoms with E-state index in [0.29, 0.717) is 47.4 Å². The molecule has 0 bridgehead atoms. The minimum absolute atomic E-state index is 0.116. The smallest absolute Gasteiger partial charge is 0.266 e. The normalized spacial score (nSPS) is 17.1. The van der Waals surface area contributed by atoms with Crippen LogP contribution in [0.5, 0.6) is 0 Å². The largest absolute Gasteiger partial charge is 0.304 e. The summed E-state index contributed by atoms with van der Waals surface area (Å²) in [4.78, 5) is 18.0. The second-order valence-electron chi connectivity index (χ2n) is 10.4. The number of sulfone groups is 1. The van der Waals surface area contributed by atoms with Crippen molar-refractivity contribution < 1.29 is 13.2 Å². The standard InChI is InChI=1S/C30H32Cl2N4O3S/c1-34-15-17-36(18-16-34)33-30(37)27-6-4-3-5-26(27)29(40(2,38)39)23-19-35(20-23)28(21-7-11-24(31)12-8-21)22-9-13-25(32)14-10-22/h3-14,28H,15-20H2,1-2H3,(H,33,37). The summed E-state index contributed by atoms with van der Waals surface area (Å²) in [6.07, 6.45) is 1.21. The summed E-state index contributed by atoms with van der Waals surface area (Å²) in [6.45, 7) is 3.98. The lowest BCUT2D eigenvalue weighted by Gasteiger charge is -2.42. The second-order valence-corrected chi connectivity index (χ2v) is 13.2. The van der Waals surface area contributed by atoms with E-state index in [1.807, 2.05) is 60.6 Å². The van der Waals surface area contributed by atoms with E-state index in [4.69, 9.17) is 23.2 Å². The van der Waals surface area contributed by atoms with Gasteiger partial charge in [0.25, 0.3) is 5.91 Å². The molecule has 0 aromatic heterocycles. The lowest BCUT2D eigenvalue weighted by atomic mass is 9.91. The number of amides is 1. The minimum Gasteiger partial charge on any atom is -0.304 e. The third-order valence-corrected chi connectivity index (χ3v) is 9.15. The molecule has 10 heteroatoms. The molecule has 2 fully saturated rings. The van der Waals surface area contributed by atoms with Crippen LogP contribution in [0.4, 0.5) is 0 Å². The number of halogens is 2. The number of benzene rings is 3. The van der Waals surface area contributed by atoms with Crippen LogP contribution in [0.3, 0.4) is 0 Å². The highest BCUT2D eigenvalue weighted by atomic mass is 35.5. The molecule has 2 saturated heterocycles. The van der Waals surface area contributed by atoms with Crippen LogP contribution in [-0.4, -0.2) is 81.7 Å². The maximum Gasteiger partial charge on any atom is 0.266 e. The number of rotatable bonds is 7. The van der Waals surface area contributed by atoms with Gasteiger partial charge in [-0.15, -0.1) is 0 Å². The summed E-state index contributed by atoms with van der Waals surface area (Å²) in [6, 6.07) is 22.2. The van der Waals surface area contributed by atoms with Crippen molar-refractivity contribution in [2.45, 2.75) is 6.04 Å². The highest BCUT2D eigenvalue weighted by Gasteiger charge is 2.35. The summed E-state index contributed by atoms with van der Waals surface area (Å²) in [5.74, 6) is -0.307. The fourth-order valence-corrected chi connectivity index (χ4v) is 6.81. The van der Waals surface area contributed by atoms with Crippen molar-refractivity contribution in [1.82, 2.24) is 20.2 Å². The molecule has 0 unspecified atom stereocenters. The van der Waals surface area contributed by atoms with Gasteiger partial charge in [-0.2, -0.15) is 0 Å². The van der Waals surface area contributed by atoms with Crippen LogP contribution in [0.25, 0.3) is 4.91 Å². The highest BCUT2D eigenvalue weighted by molar-refractivity contribution is 8.00. The van der Waals surface area contributed by atoms with E-state index in [1.54, 1.807) is 24.3 Å². The van der Waals surface area contributed by atoms with E-state index in [2.05, 4.69) is 15.2 Å². The number of hydrogen-bond donors (Lipinski definition) is 1. The Morgan fingerprint density at radius 3 is 1.80 bits per heavy atom. The molecule has 1 amide bonds. The Morgan fingerprint density at radius 2 is 1.30 bits per heavy atom. The monoisotopic (exact) mass is 598 g/mol. The Morgan fingerprint density at radius 1 is 0.800 bits per heavy atom. The molecule has 5 rings (SSSR count). The first-order valence-corrected chi connectivity index (χ1v) is 15.8. The van der Waals surface area contributed by atoms with Gasteiger partial charge in [-0.3, -0.25) is 15.1 Å². The molecule has 40 heavy (non-hydrogen) atoms. The fourth-order valence-electron chi connectivity index (χ4n) is 5.33. The Bertz CT molecular complexity index is 1460. The van der Waals surface area contributed by atoms with Crippen molar-refractivity contribution in [3.05, 3.63) is 111 Å². The Hall–Kier alpha value is -2.72. The van der Waals surface area contributed by atoms with E-state index in [1.165, 1.54) is 6.26 Å². The molecular weight excluding hydrogens is 567 g/mol. The van der Waals surface area contributed by atoms with Gasteiger partial charge in [-0.05, 0) is 54.1 Å². The first kappa shape index (κ1) is 28.8. The molecule has 0 saturated carbocycles. The molecule has 0 atom stereocenters. The number of piperazine rings is 1. The molecule has 1 N–H and O–H groups in total. The van der Waals surface area contributed by atoms with Crippen molar-refractivity contribution in [3.63, 3.8) is 0 Å². The number of nitrogens with zero attached hydrogens (tertiary/aromatic N) is 3. The van der Waals surface area contributed by atoms with Crippen LogP contribution >= 0.6 is 23.2 Å². The molecule has 2 aliphatic heterocycles.